The summed E-state index contributed by atoms with van der Waals surface area (Å²) in [5.74, 6) is -0.140. The second kappa shape index (κ2) is 7.83. The van der Waals surface area contributed by atoms with Gasteiger partial charge in [-0.15, -0.1) is 0 Å². The zero-order valence-corrected chi connectivity index (χ0v) is 12.5. The van der Waals surface area contributed by atoms with Crippen molar-refractivity contribution < 1.29 is 9.90 Å². The van der Waals surface area contributed by atoms with Crippen molar-refractivity contribution in [3.8, 4) is 0 Å². The third kappa shape index (κ3) is 4.80. The standard InChI is InChI=1S/C17H19ClO2/c1-4-6-14(8-7-12(3)19)17(20)15-9-13(5-2)10-16(18)11-15/h4,6-12,19H,1,5H2,2-3H3/b8-7-,14-6+. The number of carbonyl (C=O) groups excluding carboxylic acids is 1. The van der Waals surface area contributed by atoms with Gasteiger partial charge in [-0.2, -0.15) is 0 Å². The molecule has 1 aromatic carbocycles. The molecule has 0 aliphatic rings. The van der Waals surface area contributed by atoms with Gasteiger partial charge in [0.25, 0.3) is 0 Å². The second-order valence-corrected chi connectivity index (χ2v) is 4.92. The van der Waals surface area contributed by atoms with Gasteiger partial charge in [-0.1, -0.05) is 49.4 Å². The molecule has 1 atom stereocenters. The molecule has 0 spiro atoms. The summed E-state index contributed by atoms with van der Waals surface area (Å²) in [6, 6.07) is 5.33. The molecule has 20 heavy (non-hydrogen) atoms. The number of hydrogen-bond acceptors (Lipinski definition) is 2. The molecule has 2 nitrogen and oxygen atoms in total. The molecule has 0 heterocycles. The van der Waals surface area contributed by atoms with E-state index in [2.05, 4.69) is 6.58 Å². The highest BCUT2D eigenvalue weighted by atomic mass is 35.5. The normalized spacial score (nSPS) is 13.5. The molecule has 1 unspecified atom stereocenters. The van der Waals surface area contributed by atoms with E-state index in [9.17, 15) is 9.90 Å². The minimum Gasteiger partial charge on any atom is -0.389 e. The minimum atomic E-state index is -0.610. The highest BCUT2D eigenvalue weighted by molar-refractivity contribution is 6.31. The number of benzene rings is 1. The molecule has 0 radical (unpaired) electrons. The van der Waals surface area contributed by atoms with Crippen LogP contribution < -0.4 is 0 Å². The van der Waals surface area contributed by atoms with Crippen LogP contribution in [0.15, 0.2) is 54.7 Å². The lowest BCUT2D eigenvalue weighted by molar-refractivity contribution is 0.103. The molecule has 1 rings (SSSR count). The van der Waals surface area contributed by atoms with Crippen LogP contribution in [0.25, 0.3) is 0 Å². The van der Waals surface area contributed by atoms with E-state index < -0.39 is 6.10 Å². The number of rotatable bonds is 6. The van der Waals surface area contributed by atoms with Crippen molar-refractivity contribution in [1.29, 1.82) is 0 Å². The zero-order chi connectivity index (χ0) is 15.1. The van der Waals surface area contributed by atoms with Crippen molar-refractivity contribution in [3.63, 3.8) is 0 Å². The molecule has 0 saturated heterocycles. The number of aliphatic hydroxyl groups excluding tert-OH is 1. The number of aliphatic hydroxyl groups is 1. The Labute approximate surface area is 125 Å². The Bertz CT molecular complexity index is 554. The quantitative estimate of drug-likeness (QED) is 0.486. The molecule has 0 aromatic heterocycles. The van der Waals surface area contributed by atoms with Crippen LogP contribution in [-0.2, 0) is 6.42 Å². The van der Waals surface area contributed by atoms with Gasteiger partial charge in [0.2, 0.25) is 0 Å². The van der Waals surface area contributed by atoms with E-state index >= 15 is 0 Å². The predicted molar refractivity (Wildman–Crippen MR) is 84.3 cm³/mol. The maximum atomic E-state index is 12.5. The molecular weight excluding hydrogens is 272 g/mol. The van der Waals surface area contributed by atoms with E-state index in [-0.39, 0.29) is 5.78 Å². The number of halogens is 1. The summed E-state index contributed by atoms with van der Waals surface area (Å²) in [4.78, 5) is 12.5. The summed E-state index contributed by atoms with van der Waals surface area (Å²) in [6.07, 6.45) is 6.52. The van der Waals surface area contributed by atoms with E-state index in [0.29, 0.717) is 16.2 Å². The van der Waals surface area contributed by atoms with E-state index in [1.165, 1.54) is 0 Å². The molecule has 1 N–H and O–H groups in total. The van der Waals surface area contributed by atoms with Crippen molar-refractivity contribution in [3.05, 3.63) is 70.8 Å². The van der Waals surface area contributed by atoms with Crippen molar-refractivity contribution >= 4 is 17.4 Å². The fraction of sp³-hybridized carbons (Fsp3) is 0.235. The molecule has 106 valence electrons. The summed E-state index contributed by atoms with van der Waals surface area (Å²) in [6.45, 7) is 7.24. The fourth-order valence-electron chi connectivity index (χ4n) is 1.73. The van der Waals surface area contributed by atoms with Crippen LogP contribution in [-0.4, -0.2) is 17.0 Å². The smallest absolute Gasteiger partial charge is 0.193 e. The third-order valence-electron chi connectivity index (χ3n) is 2.74. The monoisotopic (exact) mass is 290 g/mol. The SMILES string of the molecule is C=C/C=C(\C=C/C(C)O)C(=O)c1cc(Cl)cc(CC)c1. The number of hydrogen-bond donors (Lipinski definition) is 1. The average Bonchev–Trinajstić information content (AvgIpc) is 2.41. The first-order valence-electron chi connectivity index (χ1n) is 6.51. The maximum absolute atomic E-state index is 12.5. The second-order valence-electron chi connectivity index (χ2n) is 4.49. The highest BCUT2D eigenvalue weighted by Gasteiger charge is 2.11. The van der Waals surface area contributed by atoms with E-state index in [4.69, 9.17) is 11.6 Å². The molecular formula is C17H19ClO2. The van der Waals surface area contributed by atoms with Crippen molar-refractivity contribution in [2.45, 2.75) is 26.4 Å². The third-order valence-corrected chi connectivity index (χ3v) is 2.96. The van der Waals surface area contributed by atoms with Crippen LogP contribution in [0.4, 0.5) is 0 Å². The molecule has 0 amide bonds. The lowest BCUT2D eigenvalue weighted by Gasteiger charge is -2.06. The number of carbonyl (C=O) groups is 1. The lowest BCUT2D eigenvalue weighted by atomic mass is 9.99. The molecule has 0 fully saturated rings. The van der Waals surface area contributed by atoms with Gasteiger partial charge >= 0.3 is 0 Å². The van der Waals surface area contributed by atoms with Gasteiger partial charge in [0.1, 0.15) is 0 Å². The van der Waals surface area contributed by atoms with Gasteiger partial charge in [0, 0.05) is 16.2 Å². The number of Topliss-reactive ketones (excluding diaryl/α,β-unsaturated/α-hetero) is 1. The van der Waals surface area contributed by atoms with Crippen molar-refractivity contribution in [1.82, 2.24) is 0 Å². The van der Waals surface area contributed by atoms with Crippen LogP contribution in [0, 0.1) is 0 Å². The fourth-order valence-corrected chi connectivity index (χ4v) is 1.99. The Hall–Kier alpha value is -1.64. The zero-order valence-electron chi connectivity index (χ0n) is 11.8. The number of allylic oxidation sites excluding steroid dienone is 4. The Morgan fingerprint density at radius 1 is 1.45 bits per heavy atom. The number of aryl methyl sites for hydroxylation is 1. The maximum Gasteiger partial charge on any atom is 0.193 e. The van der Waals surface area contributed by atoms with E-state index in [0.717, 1.165) is 12.0 Å². The van der Waals surface area contributed by atoms with Gasteiger partial charge in [0.05, 0.1) is 6.10 Å². The van der Waals surface area contributed by atoms with Gasteiger partial charge in [0.15, 0.2) is 5.78 Å². The van der Waals surface area contributed by atoms with Crippen LogP contribution in [0.3, 0.4) is 0 Å². The molecule has 0 bridgehead atoms. The van der Waals surface area contributed by atoms with E-state index in [1.807, 2.05) is 19.1 Å². The Morgan fingerprint density at radius 3 is 2.70 bits per heavy atom. The van der Waals surface area contributed by atoms with Crippen LogP contribution in [0.1, 0.15) is 29.8 Å². The topological polar surface area (TPSA) is 37.3 Å². The molecule has 0 aliphatic carbocycles. The summed E-state index contributed by atoms with van der Waals surface area (Å²) in [5, 5.41) is 9.82. The summed E-state index contributed by atoms with van der Waals surface area (Å²) in [5.41, 5.74) is 2.02. The molecule has 0 saturated carbocycles. The van der Waals surface area contributed by atoms with E-state index in [1.54, 1.807) is 37.3 Å². The van der Waals surface area contributed by atoms with Crippen LogP contribution >= 0.6 is 11.6 Å². The average molecular weight is 291 g/mol. The largest absolute Gasteiger partial charge is 0.389 e. The molecule has 3 heteroatoms. The Morgan fingerprint density at radius 2 is 2.15 bits per heavy atom. The minimum absolute atomic E-state index is 0.140. The first kappa shape index (κ1) is 16.4. The highest BCUT2D eigenvalue weighted by Crippen LogP contribution is 2.19. The molecule has 1 aromatic rings. The van der Waals surface area contributed by atoms with Crippen molar-refractivity contribution in [2.24, 2.45) is 0 Å². The Kier molecular flexibility index (Phi) is 6.43. The van der Waals surface area contributed by atoms with Gasteiger partial charge < -0.3 is 5.11 Å². The van der Waals surface area contributed by atoms with Crippen LogP contribution in [0.2, 0.25) is 5.02 Å². The lowest BCUT2D eigenvalue weighted by Crippen LogP contribution is -2.04. The van der Waals surface area contributed by atoms with Crippen LogP contribution in [0.5, 0.6) is 0 Å². The Balaban J connectivity index is 3.16. The first-order valence-corrected chi connectivity index (χ1v) is 6.88. The van der Waals surface area contributed by atoms with Crippen molar-refractivity contribution in [2.75, 3.05) is 0 Å². The predicted octanol–water partition coefficient (Wildman–Crippen LogP) is 4.13. The summed E-state index contributed by atoms with van der Waals surface area (Å²) in [7, 11) is 0. The van der Waals surface area contributed by atoms with Gasteiger partial charge in [-0.25, -0.2) is 0 Å². The summed E-state index contributed by atoms with van der Waals surface area (Å²) < 4.78 is 0. The van der Waals surface area contributed by atoms with Gasteiger partial charge in [-0.05, 0) is 37.1 Å². The van der Waals surface area contributed by atoms with Gasteiger partial charge in [-0.3, -0.25) is 4.79 Å². The first-order chi connectivity index (χ1) is 9.47. The summed E-state index contributed by atoms with van der Waals surface area (Å²) >= 11 is 6.03. The number of ketones is 1. The molecule has 0 aliphatic heterocycles.